The van der Waals surface area contributed by atoms with Crippen molar-refractivity contribution < 1.29 is 19.1 Å². The first kappa shape index (κ1) is 19.5. The summed E-state index contributed by atoms with van der Waals surface area (Å²) in [6.45, 7) is 1.78. The lowest BCUT2D eigenvalue weighted by molar-refractivity contribution is -0.120. The van der Waals surface area contributed by atoms with E-state index in [0.717, 1.165) is 22.4 Å². The zero-order chi connectivity index (χ0) is 21.3. The van der Waals surface area contributed by atoms with Gasteiger partial charge in [-0.15, -0.1) is 0 Å². The first-order chi connectivity index (χ1) is 14.5. The zero-order valence-corrected chi connectivity index (χ0v) is 16.7. The molecule has 1 aliphatic rings. The van der Waals surface area contributed by atoms with E-state index in [4.69, 9.17) is 15.2 Å². The minimum Gasteiger partial charge on any atom is -0.493 e. The van der Waals surface area contributed by atoms with Crippen molar-refractivity contribution in [2.24, 2.45) is 5.73 Å². The summed E-state index contributed by atoms with van der Waals surface area (Å²) in [6.07, 6.45) is 2.07. The van der Waals surface area contributed by atoms with Crippen molar-refractivity contribution >= 4 is 17.6 Å². The molecule has 30 heavy (non-hydrogen) atoms. The normalized spacial score (nSPS) is 15.3. The average Bonchev–Trinajstić information content (AvgIpc) is 3.15. The predicted molar refractivity (Wildman–Crippen MR) is 111 cm³/mol. The number of ether oxygens (including phenoxy) is 2. The van der Waals surface area contributed by atoms with Crippen LogP contribution in [0.3, 0.4) is 0 Å². The number of nitrogens with one attached hydrogen (secondary N) is 1. The van der Waals surface area contributed by atoms with Gasteiger partial charge in [0.2, 0.25) is 5.91 Å². The van der Waals surface area contributed by atoms with E-state index in [1.165, 1.54) is 7.11 Å². The predicted octanol–water partition coefficient (Wildman–Crippen LogP) is 2.53. The molecule has 3 aromatic rings. The molecule has 3 N–H and O–H groups in total. The van der Waals surface area contributed by atoms with E-state index in [2.05, 4.69) is 10.4 Å². The molecule has 8 nitrogen and oxygen atoms in total. The molecule has 1 aliphatic heterocycles. The van der Waals surface area contributed by atoms with Crippen LogP contribution < -0.4 is 20.5 Å². The van der Waals surface area contributed by atoms with Gasteiger partial charge in [-0.2, -0.15) is 5.10 Å². The molecule has 0 spiro atoms. The molecule has 0 saturated carbocycles. The summed E-state index contributed by atoms with van der Waals surface area (Å²) in [6, 6.07) is 13.3. The van der Waals surface area contributed by atoms with Crippen molar-refractivity contribution in [2.75, 3.05) is 19.0 Å². The Morgan fingerprint density at radius 1 is 1.23 bits per heavy atom. The maximum absolute atomic E-state index is 12.5. The second-order valence-corrected chi connectivity index (χ2v) is 7.17. The number of nitrogens with zero attached hydrogens (tertiary/aromatic N) is 2. The lowest BCUT2D eigenvalue weighted by Gasteiger charge is -2.24. The molecule has 2 aromatic carbocycles. The van der Waals surface area contributed by atoms with Gasteiger partial charge in [0.15, 0.2) is 18.1 Å². The fourth-order valence-electron chi connectivity index (χ4n) is 3.57. The lowest BCUT2D eigenvalue weighted by Crippen LogP contribution is -2.24. The van der Waals surface area contributed by atoms with Gasteiger partial charge >= 0.3 is 0 Å². The van der Waals surface area contributed by atoms with Crippen LogP contribution in [0.15, 0.2) is 48.7 Å². The number of amides is 2. The molecule has 2 heterocycles. The van der Waals surface area contributed by atoms with Crippen LogP contribution in [-0.2, 0) is 9.59 Å². The fourth-order valence-corrected chi connectivity index (χ4v) is 3.57. The van der Waals surface area contributed by atoms with Crippen LogP contribution in [0.1, 0.15) is 29.0 Å². The van der Waals surface area contributed by atoms with Crippen molar-refractivity contribution in [1.29, 1.82) is 0 Å². The SMILES string of the molecule is COc1cc([C@H]2CC(=O)Nc3c2cnn3-c2ccc(C)cc2)ccc1OCC(N)=O. The van der Waals surface area contributed by atoms with Crippen LogP contribution in [0.4, 0.5) is 5.82 Å². The van der Waals surface area contributed by atoms with Gasteiger partial charge in [0, 0.05) is 17.9 Å². The number of primary amides is 1. The molecule has 2 amide bonds. The minimum absolute atomic E-state index is 0.0885. The van der Waals surface area contributed by atoms with Crippen LogP contribution in [0.5, 0.6) is 11.5 Å². The number of anilines is 1. The molecular weight excluding hydrogens is 384 g/mol. The molecule has 1 aromatic heterocycles. The topological polar surface area (TPSA) is 108 Å². The summed E-state index contributed by atoms with van der Waals surface area (Å²) >= 11 is 0. The Hall–Kier alpha value is -3.81. The van der Waals surface area contributed by atoms with E-state index in [1.807, 2.05) is 43.3 Å². The highest BCUT2D eigenvalue weighted by atomic mass is 16.5. The van der Waals surface area contributed by atoms with E-state index < -0.39 is 5.91 Å². The number of hydrogen-bond acceptors (Lipinski definition) is 5. The van der Waals surface area contributed by atoms with Crippen LogP contribution in [0.2, 0.25) is 0 Å². The Kier molecular flexibility index (Phi) is 5.14. The molecule has 0 radical (unpaired) electrons. The standard InChI is InChI=1S/C22H22N4O4/c1-13-3-6-15(7-4-13)26-22-17(11-24-26)16(10-21(28)25-22)14-5-8-18(19(9-14)29-2)30-12-20(23)27/h3-9,11,16H,10,12H2,1-2H3,(H2,23,27)(H,25,28)/t16-/m1/s1. The first-order valence-corrected chi connectivity index (χ1v) is 9.50. The van der Waals surface area contributed by atoms with Gasteiger partial charge in [0.25, 0.3) is 5.91 Å². The Bertz CT molecular complexity index is 1100. The third-order valence-electron chi connectivity index (χ3n) is 5.06. The Morgan fingerprint density at radius 2 is 2.00 bits per heavy atom. The molecule has 0 unspecified atom stereocenters. The molecule has 1 atom stereocenters. The second kappa shape index (κ2) is 7.90. The number of carbonyl (C=O) groups is 2. The van der Waals surface area contributed by atoms with Gasteiger partial charge in [0.05, 0.1) is 19.0 Å². The molecule has 154 valence electrons. The van der Waals surface area contributed by atoms with Gasteiger partial charge in [-0.25, -0.2) is 4.68 Å². The van der Waals surface area contributed by atoms with Crippen molar-refractivity contribution in [1.82, 2.24) is 9.78 Å². The van der Waals surface area contributed by atoms with E-state index in [1.54, 1.807) is 16.9 Å². The molecular formula is C22H22N4O4. The smallest absolute Gasteiger partial charge is 0.255 e. The van der Waals surface area contributed by atoms with Gasteiger partial charge in [-0.05, 0) is 36.8 Å². The lowest BCUT2D eigenvalue weighted by atomic mass is 9.87. The van der Waals surface area contributed by atoms with Crippen molar-refractivity contribution in [3.63, 3.8) is 0 Å². The summed E-state index contributed by atoms with van der Waals surface area (Å²) in [5.74, 6) is 0.691. The quantitative estimate of drug-likeness (QED) is 0.654. The largest absolute Gasteiger partial charge is 0.493 e. The van der Waals surface area contributed by atoms with E-state index in [9.17, 15) is 9.59 Å². The number of benzene rings is 2. The monoisotopic (exact) mass is 406 g/mol. The zero-order valence-electron chi connectivity index (χ0n) is 16.7. The number of methoxy groups -OCH3 is 1. The fraction of sp³-hybridized carbons (Fsp3) is 0.227. The minimum atomic E-state index is -0.571. The van der Waals surface area contributed by atoms with Gasteiger partial charge in [0.1, 0.15) is 5.82 Å². The molecule has 0 bridgehead atoms. The van der Waals surface area contributed by atoms with Crippen molar-refractivity contribution in [3.05, 3.63) is 65.4 Å². The summed E-state index contributed by atoms with van der Waals surface area (Å²) in [4.78, 5) is 23.5. The maximum atomic E-state index is 12.5. The van der Waals surface area contributed by atoms with E-state index in [-0.39, 0.29) is 24.9 Å². The molecule has 0 aliphatic carbocycles. The first-order valence-electron chi connectivity index (χ1n) is 9.50. The summed E-state index contributed by atoms with van der Waals surface area (Å²) in [7, 11) is 1.52. The van der Waals surface area contributed by atoms with Gasteiger partial charge in [-0.3, -0.25) is 9.59 Å². The van der Waals surface area contributed by atoms with Gasteiger partial charge in [-0.1, -0.05) is 23.8 Å². The summed E-state index contributed by atoms with van der Waals surface area (Å²) in [5.41, 5.74) is 8.97. The third kappa shape index (κ3) is 3.71. The molecule has 8 heteroatoms. The highest BCUT2D eigenvalue weighted by Crippen LogP contribution is 2.40. The van der Waals surface area contributed by atoms with Crippen LogP contribution >= 0.6 is 0 Å². The maximum Gasteiger partial charge on any atom is 0.255 e. The van der Waals surface area contributed by atoms with Crippen LogP contribution in [-0.4, -0.2) is 35.3 Å². The number of aryl methyl sites for hydroxylation is 1. The second-order valence-electron chi connectivity index (χ2n) is 7.17. The Morgan fingerprint density at radius 3 is 2.70 bits per heavy atom. The Balaban J connectivity index is 1.71. The third-order valence-corrected chi connectivity index (χ3v) is 5.06. The van der Waals surface area contributed by atoms with E-state index in [0.29, 0.717) is 17.3 Å². The highest BCUT2D eigenvalue weighted by molar-refractivity contribution is 5.94. The number of hydrogen-bond donors (Lipinski definition) is 2. The van der Waals surface area contributed by atoms with Crippen molar-refractivity contribution in [3.8, 4) is 17.2 Å². The number of aromatic nitrogens is 2. The number of nitrogens with two attached hydrogens (primary N) is 1. The number of carbonyl (C=O) groups excluding carboxylic acids is 2. The molecule has 0 fully saturated rings. The van der Waals surface area contributed by atoms with Crippen molar-refractivity contribution in [2.45, 2.75) is 19.3 Å². The highest BCUT2D eigenvalue weighted by Gasteiger charge is 2.31. The average molecular weight is 406 g/mol. The van der Waals surface area contributed by atoms with E-state index >= 15 is 0 Å². The number of rotatable bonds is 6. The summed E-state index contributed by atoms with van der Waals surface area (Å²) in [5, 5.41) is 7.46. The Labute approximate surface area is 173 Å². The summed E-state index contributed by atoms with van der Waals surface area (Å²) < 4.78 is 12.5. The molecule has 0 saturated heterocycles. The van der Waals surface area contributed by atoms with Crippen LogP contribution in [0.25, 0.3) is 5.69 Å². The van der Waals surface area contributed by atoms with Gasteiger partial charge < -0.3 is 20.5 Å². The number of fused-ring (bicyclic) bond motifs is 1. The molecule has 4 rings (SSSR count). The van der Waals surface area contributed by atoms with Crippen LogP contribution in [0, 0.1) is 6.92 Å².